The molecule has 0 radical (unpaired) electrons. The molecular formula is C20H15BrFN3O. The number of hydrogen-bond donors (Lipinski definition) is 1. The van der Waals surface area contributed by atoms with Crippen LogP contribution in [0.4, 0.5) is 10.1 Å². The minimum Gasteiger partial charge on any atom is -0.360 e. The highest BCUT2D eigenvalue weighted by Gasteiger charge is 2.37. The molecule has 1 aliphatic rings. The van der Waals surface area contributed by atoms with Gasteiger partial charge in [-0.3, -0.25) is 9.78 Å². The van der Waals surface area contributed by atoms with Crippen LogP contribution in [-0.4, -0.2) is 15.8 Å². The summed E-state index contributed by atoms with van der Waals surface area (Å²) in [5.41, 5.74) is 3.02. The average molecular weight is 412 g/mol. The lowest BCUT2D eigenvalue weighted by Crippen LogP contribution is -2.32. The molecule has 0 saturated heterocycles. The molecule has 0 saturated carbocycles. The van der Waals surface area contributed by atoms with Crippen molar-refractivity contribution in [3.8, 4) is 0 Å². The fraction of sp³-hybridized carbons (Fsp3) is 0.100. The van der Waals surface area contributed by atoms with Crippen molar-refractivity contribution >= 4 is 27.5 Å². The van der Waals surface area contributed by atoms with E-state index < -0.39 is 0 Å². The summed E-state index contributed by atoms with van der Waals surface area (Å²) in [5, 5.41) is 3.38. The minimum atomic E-state index is -0.384. The Morgan fingerprint density at radius 1 is 1.08 bits per heavy atom. The van der Waals surface area contributed by atoms with Crippen LogP contribution in [0.25, 0.3) is 0 Å². The van der Waals surface area contributed by atoms with Crippen LogP contribution in [0.1, 0.15) is 27.8 Å². The number of aromatic nitrogens is 1. The third-order valence-electron chi connectivity index (χ3n) is 4.31. The summed E-state index contributed by atoms with van der Waals surface area (Å²) >= 11 is 3.42. The fourth-order valence-electron chi connectivity index (χ4n) is 3.04. The Bertz CT molecular complexity index is 944. The number of fused-ring (bicyclic) bond motifs is 1. The molecule has 1 N–H and O–H groups in total. The zero-order valence-corrected chi connectivity index (χ0v) is 15.3. The van der Waals surface area contributed by atoms with Gasteiger partial charge in [-0.05, 0) is 54.1 Å². The van der Waals surface area contributed by atoms with Crippen LogP contribution in [0, 0.1) is 5.82 Å². The van der Waals surface area contributed by atoms with E-state index in [1.165, 1.54) is 12.1 Å². The van der Waals surface area contributed by atoms with Gasteiger partial charge in [0.15, 0.2) is 0 Å². The molecule has 0 aliphatic carbocycles. The SMILES string of the molecule is O=C1c2cccnc2[C@@H](Nc2ccc(Br)cc2)N1Cc1ccc(F)cc1. The third-order valence-corrected chi connectivity index (χ3v) is 4.84. The van der Waals surface area contributed by atoms with Gasteiger partial charge in [0.1, 0.15) is 12.0 Å². The lowest BCUT2D eigenvalue weighted by molar-refractivity contribution is 0.0728. The molecule has 3 aromatic rings. The molecule has 2 heterocycles. The largest absolute Gasteiger partial charge is 0.360 e. The summed E-state index contributed by atoms with van der Waals surface area (Å²) in [5.74, 6) is -0.386. The van der Waals surface area contributed by atoms with Crippen molar-refractivity contribution in [1.82, 2.24) is 9.88 Å². The Kier molecular flexibility index (Phi) is 4.42. The van der Waals surface area contributed by atoms with Crippen LogP contribution in [-0.2, 0) is 6.54 Å². The minimum absolute atomic E-state index is 0.0907. The van der Waals surface area contributed by atoms with E-state index in [9.17, 15) is 9.18 Å². The molecule has 1 atom stereocenters. The van der Waals surface area contributed by atoms with Gasteiger partial charge in [-0.15, -0.1) is 0 Å². The maximum absolute atomic E-state index is 13.2. The molecule has 1 amide bonds. The summed E-state index contributed by atoms with van der Waals surface area (Å²) in [6, 6.07) is 17.5. The highest BCUT2D eigenvalue weighted by Crippen LogP contribution is 2.34. The van der Waals surface area contributed by atoms with Crippen molar-refractivity contribution in [2.45, 2.75) is 12.7 Å². The van der Waals surface area contributed by atoms with Crippen molar-refractivity contribution in [3.05, 3.63) is 94.0 Å². The van der Waals surface area contributed by atoms with Gasteiger partial charge in [0.25, 0.3) is 5.91 Å². The number of benzene rings is 2. The van der Waals surface area contributed by atoms with Crippen LogP contribution in [0.5, 0.6) is 0 Å². The number of pyridine rings is 1. The lowest BCUT2D eigenvalue weighted by atomic mass is 10.2. The normalized spacial score (nSPS) is 15.8. The molecule has 26 heavy (non-hydrogen) atoms. The van der Waals surface area contributed by atoms with Gasteiger partial charge in [0.05, 0.1) is 11.3 Å². The van der Waals surface area contributed by atoms with Crippen molar-refractivity contribution in [1.29, 1.82) is 0 Å². The third kappa shape index (κ3) is 3.20. The van der Waals surface area contributed by atoms with Crippen LogP contribution < -0.4 is 5.32 Å². The maximum atomic E-state index is 13.2. The Hall–Kier alpha value is -2.73. The van der Waals surface area contributed by atoms with Gasteiger partial charge >= 0.3 is 0 Å². The molecule has 6 heteroatoms. The van der Waals surface area contributed by atoms with Crippen molar-refractivity contribution in [2.75, 3.05) is 5.32 Å². The lowest BCUT2D eigenvalue weighted by Gasteiger charge is -2.26. The van der Waals surface area contributed by atoms with Gasteiger partial charge in [-0.2, -0.15) is 0 Å². The number of rotatable bonds is 4. The van der Waals surface area contributed by atoms with Gasteiger partial charge < -0.3 is 10.2 Å². The number of nitrogens with one attached hydrogen (secondary N) is 1. The summed E-state index contributed by atoms with van der Waals surface area (Å²) in [6.07, 6.45) is 1.30. The molecule has 4 nitrogen and oxygen atoms in total. The van der Waals surface area contributed by atoms with E-state index in [0.29, 0.717) is 17.8 Å². The molecular weight excluding hydrogens is 397 g/mol. The first-order valence-corrected chi connectivity index (χ1v) is 8.93. The second-order valence-corrected chi connectivity index (χ2v) is 6.97. The number of hydrogen-bond acceptors (Lipinski definition) is 3. The Morgan fingerprint density at radius 2 is 1.81 bits per heavy atom. The number of carbonyl (C=O) groups excluding carboxylic acids is 1. The first-order chi connectivity index (χ1) is 12.6. The quantitative estimate of drug-likeness (QED) is 0.673. The Balaban J connectivity index is 1.67. The number of carbonyl (C=O) groups is 1. The summed E-state index contributed by atoms with van der Waals surface area (Å²) in [7, 11) is 0. The van der Waals surface area contributed by atoms with E-state index in [2.05, 4.69) is 26.2 Å². The Labute approximate surface area is 158 Å². The van der Waals surface area contributed by atoms with Crippen LogP contribution in [0.3, 0.4) is 0 Å². The van der Waals surface area contributed by atoms with Gasteiger partial charge in [-0.1, -0.05) is 28.1 Å². The summed E-state index contributed by atoms with van der Waals surface area (Å²) in [6.45, 7) is 0.365. The van der Waals surface area contributed by atoms with Gasteiger partial charge in [0, 0.05) is 22.9 Å². The standard InChI is InChI=1S/C20H15BrFN3O/c21-14-5-9-16(10-6-14)24-19-18-17(2-1-11-23-18)20(26)25(19)12-13-3-7-15(22)8-4-13/h1-11,19,24H,12H2/t19-/m0/s1. The maximum Gasteiger partial charge on any atom is 0.258 e. The highest BCUT2D eigenvalue weighted by atomic mass is 79.9. The van der Waals surface area contributed by atoms with E-state index in [-0.39, 0.29) is 17.9 Å². The molecule has 0 fully saturated rings. The first-order valence-electron chi connectivity index (χ1n) is 8.14. The molecule has 1 aliphatic heterocycles. The summed E-state index contributed by atoms with van der Waals surface area (Å²) in [4.78, 5) is 19.0. The highest BCUT2D eigenvalue weighted by molar-refractivity contribution is 9.10. The van der Waals surface area contributed by atoms with Crippen LogP contribution in [0.2, 0.25) is 0 Å². The van der Waals surface area contributed by atoms with E-state index in [4.69, 9.17) is 0 Å². The molecule has 0 bridgehead atoms. The predicted molar refractivity (Wildman–Crippen MR) is 101 cm³/mol. The number of anilines is 1. The summed E-state index contributed by atoms with van der Waals surface area (Å²) < 4.78 is 14.2. The second-order valence-electron chi connectivity index (χ2n) is 6.05. The molecule has 130 valence electrons. The smallest absolute Gasteiger partial charge is 0.258 e. The first kappa shape index (κ1) is 16.7. The van der Waals surface area contributed by atoms with E-state index in [1.807, 2.05) is 24.3 Å². The Morgan fingerprint density at radius 3 is 2.54 bits per heavy atom. The van der Waals surface area contributed by atoms with E-state index in [1.54, 1.807) is 35.4 Å². The molecule has 0 spiro atoms. The van der Waals surface area contributed by atoms with Crippen LogP contribution in [0.15, 0.2) is 71.3 Å². The van der Waals surface area contributed by atoms with E-state index >= 15 is 0 Å². The van der Waals surface area contributed by atoms with Gasteiger partial charge in [-0.25, -0.2) is 4.39 Å². The number of nitrogens with zero attached hydrogens (tertiary/aromatic N) is 2. The number of halogens is 2. The predicted octanol–water partition coefficient (Wildman–Crippen LogP) is 4.75. The molecule has 2 aromatic carbocycles. The zero-order chi connectivity index (χ0) is 18.1. The molecule has 1 aromatic heterocycles. The van der Waals surface area contributed by atoms with Gasteiger partial charge in [0.2, 0.25) is 0 Å². The van der Waals surface area contributed by atoms with E-state index in [0.717, 1.165) is 15.7 Å². The van der Waals surface area contributed by atoms with Crippen LogP contribution >= 0.6 is 15.9 Å². The van der Waals surface area contributed by atoms with Crippen molar-refractivity contribution < 1.29 is 9.18 Å². The second kappa shape index (κ2) is 6.88. The monoisotopic (exact) mass is 411 g/mol. The zero-order valence-electron chi connectivity index (χ0n) is 13.7. The molecule has 0 unspecified atom stereocenters. The fourth-order valence-corrected chi connectivity index (χ4v) is 3.30. The van der Waals surface area contributed by atoms with Crippen molar-refractivity contribution in [3.63, 3.8) is 0 Å². The van der Waals surface area contributed by atoms with Crippen molar-refractivity contribution in [2.24, 2.45) is 0 Å². The molecule has 4 rings (SSSR count). The average Bonchev–Trinajstić information content (AvgIpc) is 2.91. The number of amides is 1. The topological polar surface area (TPSA) is 45.2 Å².